The summed E-state index contributed by atoms with van der Waals surface area (Å²) < 4.78 is 0. The van der Waals surface area contributed by atoms with E-state index in [0.717, 1.165) is 0 Å². The second-order valence-corrected chi connectivity index (χ2v) is 3.65. The van der Waals surface area contributed by atoms with Gasteiger partial charge in [-0.05, 0) is 19.4 Å². The van der Waals surface area contributed by atoms with Gasteiger partial charge in [0.05, 0.1) is 17.6 Å². The summed E-state index contributed by atoms with van der Waals surface area (Å²) in [5, 5.41) is 29.5. The highest BCUT2D eigenvalue weighted by molar-refractivity contribution is 5.56. The van der Waals surface area contributed by atoms with E-state index in [4.69, 9.17) is 10.8 Å². The second kappa shape index (κ2) is 4.46. The zero-order valence-corrected chi connectivity index (χ0v) is 9.10. The van der Waals surface area contributed by atoms with Crippen LogP contribution in [0.3, 0.4) is 0 Å². The van der Waals surface area contributed by atoms with Crippen LogP contribution in [-0.4, -0.2) is 21.7 Å². The van der Waals surface area contributed by atoms with Crippen LogP contribution in [0.4, 0.5) is 5.69 Å². The SMILES string of the molecule is Cc1cc([N+](=O)[O-])c(C)c([C@@H](N)CO)c1O. The van der Waals surface area contributed by atoms with Gasteiger partial charge in [0, 0.05) is 17.2 Å². The molecule has 6 heteroatoms. The van der Waals surface area contributed by atoms with Crippen molar-refractivity contribution in [1.29, 1.82) is 0 Å². The standard InChI is InChI=1S/C10H14N2O4/c1-5-3-8(12(15)16)6(2)9(10(5)14)7(11)4-13/h3,7,13-14H,4,11H2,1-2H3/t7-/m0/s1. The fraction of sp³-hybridized carbons (Fsp3) is 0.400. The number of hydrogen-bond donors (Lipinski definition) is 3. The summed E-state index contributed by atoms with van der Waals surface area (Å²) in [4.78, 5) is 10.2. The van der Waals surface area contributed by atoms with Crippen LogP contribution >= 0.6 is 0 Å². The summed E-state index contributed by atoms with van der Waals surface area (Å²) in [5.41, 5.74) is 6.39. The number of benzene rings is 1. The first kappa shape index (κ1) is 12.4. The quantitative estimate of drug-likeness (QED) is 0.524. The number of hydrogen-bond acceptors (Lipinski definition) is 5. The molecular weight excluding hydrogens is 212 g/mol. The van der Waals surface area contributed by atoms with Crippen molar-refractivity contribution >= 4 is 5.69 Å². The van der Waals surface area contributed by atoms with E-state index < -0.39 is 11.0 Å². The molecule has 0 aromatic heterocycles. The molecule has 16 heavy (non-hydrogen) atoms. The molecule has 1 atom stereocenters. The van der Waals surface area contributed by atoms with E-state index >= 15 is 0 Å². The van der Waals surface area contributed by atoms with Crippen LogP contribution in [0.2, 0.25) is 0 Å². The van der Waals surface area contributed by atoms with E-state index in [1.807, 2.05) is 0 Å². The average Bonchev–Trinajstić information content (AvgIpc) is 2.22. The molecule has 0 aliphatic heterocycles. The van der Waals surface area contributed by atoms with Crippen molar-refractivity contribution in [3.8, 4) is 5.75 Å². The molecule has 0 heterocycles. The highest BCUT2D eigenvalue weighted by Gasteiger charge is 2.23. The van der Waals surface area contributed by atoms with Crippen LogP contribution in [0.1, 0.15) is 22.7 Å². The Balaban J connectivity index is 3.51. The lowest BCUT2D eigenvalue weighted by molar-refractivity contribution is -0.385. The number of phenols is 1. The van der Waals surface area contributed by atoms with Crippen molar-refractivity contribution in [2.45, 2.75) is 19.9 Å². The largest absolute Gasteiger partial charge is 0.507 e. The van der Waals surface area contributed by atoms with Gasteiger partial charge < -0.3 is 15.9 Å². The lowest BCUT2D eigenvalue weighted by atomic mass is 9.96. The molecule has 0 saturated heterocycles. The maximum Gasteiger partial charge on any atom is 0.273 e. The first-order chi connectivity index (χ1) is 7.40. The normalized spacial score (nSPS) is 12.5. The number of nitrogens with zero attached hydrogens (tertiary/aromatic N) is 1. The third-order valence-corrected chi connectivity index (χ3v) is 2.53. The average molecular weight is 226 g/mol. The summed E-state index contributed by atoms with van der Waals surface area (Å²) in [7, 11) is 0. The highest BCUT2D eigenvalue weighted by Crippen LogP contribution is 2.35. The summed E-state index contributed by atoms with van der Waals surface area (Å²) in [6, 6.07) is 0.469. The molecule has 0 aliphatic rings. The van der Waals surface area contributed by atoms with Crippen LogP contribution in [0.5, 0.6) is 5.75 Å². The minimum Gasteiger partial charge on any atom is -0.507 e. The minimum absolute atomic E-state index is 0.0929. The van der Waals surface area contributed by atoms with Crippen LogP contribution in [-0.2, 0) is 0 Å². The van der Waals surface area contributed by atoms with Crippen molar-refractivity contribution in [3.63, 3.8) is 0 Å². The monoisotopic (exact) mass is 226 g/mol. The van der Waals surface area contributed by atoms with E-state index in [0.29, 0.717) is 5.56 Å². The predicted molar refractivity (Wildman–Crippen MR) is 58.2 cm³/mol. The minimum atomic E-state index is -0.821. The highest BCUT2D eigenvalue weighted by atomic mass is 16.6. The van der Waals surface area contributed by atoms with Crippen molar-refractivity contribution in [2.75, 3.05) is 6.61 Å². The molecule has 1 aromatic carbocycles. The lowest BCUT2D eigenvalue weighted by Crippen LogP contribution is -2.17. The Labute approximate surface area is 92.5 Å². The molecule has 6 nitrogen and oxygen atoms in total. The van der Waals surface area contributed by atoms with E-state index in [1.165, 1.54) is 13.0 Å². The fourth-order valence-electron chi connectivity index (χ4n) is 1.64. The number of nitro benzene ring substituents is 1. The number of aryl methyl sites for hydroxylation is 1. The number of aromatic hydroxyl groups is 1. The third kappa shape index (κ3) is 1.98. The molecule has 0 unspecified atom stereocenters. The zero-order valence-electron chi connectivity index (χ0n) is 9.10. The Morgan fingerprint density at radius 2 is 2.12 bits per heavy atom. The van der Waals surface area contributed by atoms with Gasteiger partial charge >= 0.3 is 0 Å². The van der Waals surface area contributed by atoms with E-state index in [2.05, 4.69) is 0 Å². The molecule has 4 N–H and O–H groups in total. The maximum absolute atomic E-state index is 10.8. The van der Waals surface area contributed by atoms with Crippen LogP contribution < -0.4 is 5.73 Å². The number of aliphatic hydroxyl groups excluding tert-OH is 1. The molecular formula is C10H14N2O4. The Morgan fingerprint density at radius 1 is 1.56 bits per heavy atom. The van der Waals surface area contributed by atoms with Gasteiger partial charge in [-0.1, -0.05) is 0 Å². The topological polar surface area (TPSA) is 110 Å². The van der Waals surface area contributed by atoms with Crippen molar-refractivity contribution in [1.82, 2.24) is 0 Å². The summed E-state index contributed by atoms with van der Waals surface area (Å²) in [6.07, 6.45) is 0. The smallest absolute Gasteiger partial charge is 0.273 e. The van der Waals surface area contributed by atoms with Crippen molar-refractivity contribution in [2.24, 2.45) is 5.73 Å². The number of nitrogens with two attached hydrogens (primary N) is 1. The lowest BCUT2D eigenvalue weighted by Gasteiger charge is -2.15. The van der Waals surface area contributed by atoms with Gasteiger partial charge in [0.25, 0.3) is 5.69 Å². The van der Waals surface area contributed by atoms with Crippen LogP contribution in [0, 0.1) is 24.0 Å². The zero-order chi connectivity index (χ0) is 12.5. The Kier molecular flexibility index (Phi) is 3.46. The molecule has 88 valence electrons. The van der Waals surface area contributed by atoms with Crippen LogP contribution in [0.25, 0.3) is 0 Å². The number of nitro groups is 1. The molecule has 1 aromatic rings. The summed E-state index contributed by atoms with van der Waals surface area (Å²) in [5.74, 6) is -0.0929. The van der Waals surface area contributed by atoms with Crippen molar-refractivity contribution < 1.29 is 15.1 Å². The molecule has 0 spiro atoms. The van der Waals surface area contributed by atoms with Gasteiger partial charge in [-0.2, -0.15) is 0 Å². The van der Waals surface area contributed by atoms with Crippen molar-refractivity contribution in [3.05, 3.63) is 32.9 Å². The Bertz CT molecular complexity index is 431. The summed E-state index contributed by atoms with van der Waals surface area (Å²) in [6.45, 7) is 2.67. The van der Waals surface area contributed by atoms with Gasteiger partial charge in [-0.25, -0.2) is 0 Å². The Hall–Kier alpha value is -1.66. The maximum atomic E-state index is 10.8. The van der Waals surface area contributed by atoms with Crippen LogP contribution in [0.15, 0.2) is 6.07 Å². The Morgan fingerprint density at radius 3 is 2.56 bits per heavy atom. The second-order valence-electron chi connectivity index (χ2n) is 3.65. The fourth-order valence-corrected chi connectivity index (χ4v) is 1.64. The third-order valence-electron chi connectivity index (χ3n) is 2.53. The van der Waals surface area contributed by atoms with Gasteiger partial charge in [-0.3, -0.25) is 10.1 Å². The van der Waals surface area contributed by atoms with E-state index in [9.17, 15) is 15.2 Å². The number of rotatable bonds is 3. The van der Waals surface area contributed by atoms with E-state index in [-0.39, 0.29) is 29.2 Å². The molecule has 0 bridgehead atoms. The van der Waals surface area contributed by atoms with Gasteiger partial charge in [0.15, 0.2) is 0 Å². The molecule has 0 radical (unpaired) electrons. The first-order valence-corrected chi connectivity index (χ1v) is 4.74. The van der Waals surface area contributed by atoms with Gasteiger partial charge in [0.2, 0.25) is 0 Å². The van der Waals surface area contributed by atoms with Gasteiger partial charge in [0.1, 0.15) is 5.75 Å². The molecule has 1 rings (SSSR count). The number of aliphatic hydroxyl groups is 1. The molecule has 0 amide bonds. The van der Waals surface area contributed by atoms with Gasteiger partial charge in [-0.15, -0.1) is 0 Å². The summed E-state index contributed by atoms with van der Waals surface area (Å²) >= 11 is 0. The first-order valence-electron chi connectivity index (χ1n) is 4.74. The molecule has 0 saturated carbocycles. The number of phenolic OH excluding ortho intramolecular Hbond substituents is 1. The molecule has 0 fully saturated rings. The van der Waals surface area contributed by atoms with E-state index in [1.54, 1.807) is 6.92 Å². The molecule has 0 aliphatic carbocycles. The predicted octanol–water partition coefficient (Wildman–Crippen LogP) is 0.909.